The van der Waals surface area contributed by atoms with E-state index in [-0.39, 0.29) is 5.91 Å². The quantitative estimate of drug-likeness (QED) is 0.831. The minimum atomic E-state index is -0.668. The van der Waals surface area contributed by atoms with Crippen molar-refractivity contribution >= 4 is 11.7 Å². The SMILES string of the molecule is CN1C(=O)C(N)CCn2nc(CCN3CC(F)C3)cc21. The number of likely N-dealkylation sites (tertiary alicyclic amines) is 1. The number of anilines is 1. The van der Waals surface area contributed by atoms with Gasteiger partial charge in [-0.2, -0.15) is 5.10 Å². The second kappa shape index (κ2) is 5.14. The van der Waals surface area contributed by atoms with Crippen LogP contribution in [0, 0.1) is 0 Å². The third kappa shape index (κ3) is 2.43. The molecule has 0 saturated carbocycles. The molecule has 2 aliphatic rings. The standard InChI is InChI=1S/C13H20FN5O/c1-17-12-6-10(2-4-18-7-9(14)8-18)16-19(12)5-3-11(15)13(17)20/h6,9,11H,2-5,7-8,15H2,1H3. The molecule has 20 heavy (non-hydrogen) atoms. The molecule has 7 heteroatoms. The van der Waals surface area contributed by atoms with Crippen LogP contribution >= 0.6 is 0 Å². The van der Waals surface area contributed by atoms with Crippen molar-refractivity contribution < 1.29 is 9.18 Å². The van der Waals surface area contributed by atoms with E-state index in [1.165, 1.54) is 0 Å². The van der Waals surface area contributed by atoms with E-state index in [9.17, 15) is 9.18 Å². The number of aryl methyl sites for hydroxylation is 1. The minimum Gasteiger partial charge on any atom is -0.320 e. The van der Waals surface area contributed by atoms with E-state index in [2.05, 4.69) is 10.00 Å². The van der Waals surface area contributed by atoms with Crippen LogP contribution in [0.15, 0.2) is 6.07 Å². The van der Waals surface area contributed by atoms with Crippen molar-refractivity contribution in [1.82, 2.24) is 14.7 Å². The van der Waals surface area contributed by atoms with Crippen molar-refractivity contribution in [3.05, 3.63) is 11.8 Å². The van der Waals surface area contributed by atoms with Crippen molar-refractivity contribution in [1.29, 1.82) is 0 Å². The maximum atomic E-state index is 12.7. The number of nitrogens with zero attached hydrogens (tertiary/aromatic N) is 4. The Kier molecular flexibility index (Phi) is 3.47. The Morgan fingerprint density at radius 2 is 2.25 bits per heavy atom. The first-order valence-corrected chi connectivity index (χ1v) is 7.01. The number of carbonyl (C=O) groups excluding carboxylic acids is 1. The fourth-order valence-electron chi connectivity index (χ4n) is 2.72. The smallest absolute Gasteiger partial charge is 0.244 e. The van der Waals surface area contributed by atoms with Gasteiger partial charge in [0, 0.05) is 45.7 Å². The summed E-state index contributed by atoms with van der Waals surface area (Å²) in [6.45, 7) is 2.53. The number of hydrogen-bond donors (Lipinski definition) is 1. The van der Waals surface area contributed by atoms with E-state index in [4.69, 9.17) is 5.73 Å². The topological polar surface area (TPSA) is 67.4 Å². The van der Waals surface area contributed by atoms with Crippen LogP contribution in [0.25, 0.3) is 0 Å². The Morgan fingerprint density at radius 3 is 2.95 bits per heavy atom. The van der Waals surface area contributed by atoms with Gasteiger partial charge in [-0.15, -0.1) is 0 Å². The molecule has 2 aliphatic heterocycles. The van der Waals surface area contributed by atoms with E-state index in [0.29, 0.717) is 26.1 Å². The Morgan fingerprint density at radius 1 is 1.50 bits per heavy atom. The molecule has 1 aromatic rings. The van der Waals surface area contributed by atoms with Crippen molar-refractivity contribution in [2.45, 2.75) is 31.6 Å². The summed E-state index contributed by atoms with van der Waals surface area (Å²) in [6.07, 6.45) is 0.715. The summed E-state index contributed by atoms with van der Waals surface area (Å²) in [6, 6.07) is 1.48. The summed E-state index contributed by atoms with van der Waals surface area (Å²) >= 11 is 0. The number of aromatic nitrogens is 2. The molecule has 0 bridgehead atoms. The summed E-state index contributed by atoms with van der Waals surface area (Å²) in [7, 11) is 1.73. The van der Waals surface area contributed by atoms with Gasteiger partial charge in [0.15, 0.2) is 0 Å². The zero-order chi connectivity index (χ0) is 14.3. The molecular weight excluding hydrogens is 261 g/mol. The highest BCUT2D eigenvalue weighted by molar-refractivity contribution is 5.96. The molecule has 0 aliphatic carbocycles. The predicted octanol–water partition coefficient (Wildman–Crippen LogP) is -0.227. The first kappa shape index (κ1) is 13.5. The first-order chi connectivity index (χ1) is 9.54. The largest absolute Gasteiger partial charge is 0.320 e. The Bertz CT molecular complexity index is 511. The zero-order valence-corrected chi connectivity index (χ0v) is 11.6. The van der Waals surface area contributed by atoms with Crippen LogP contribution in [0.1, 0.15) is 12.1 Å². The van der Waals surface area contributed by atoms with Crippen LogP contribution < -0.4 is 10.6 Å². The Hall–Kier alpha value is -1.47. The predicted molar refractivity (Wildman–Crippen MR) is 73.3 cm³/mol. The molecule has 2 N–H and O–H groups in total. The maximum Gasteiger partial charge on any atom is 0.244 e. The van der Waals surface area contributed by atoms with E-state index < -0.39 is 12.2 Å². The molecule has 1 fully saturated rings. The first-order valence-electron chi connectivity index (χ1n) is 7.01. The monoisotopic (exact) mass is 281 g/mol. The lowest BCUT2D eigenvalue weighted by atomic mass is 10.1. The van der Waals surface area contributed by atoms with Crippen molar-refractivity contribution in [3.63, 3.8) is 0 Å². The normalized spacial score (nSPS) is 24.4. The van der Waals surface area contributed by atoms with Crippen LogP contribution in [0.5, 0.6) is 0 Å². The number of rotatable bonds is 3. The number of carbonyl (C=O) groups is 1. The number of nitrogens with two attached hydrogens (primary N) is 1. The summed E-state index contributed by atoms with van der Waals surface area (Å²) in [5.74, 6) is 0.725. The lowest BCUT2D eigenvalue weighted by molar-refractivity contribution is -0.119. The van der Waals surface area contributed by atoms with Gasteiger partial charge in [0.25, 0.3) is 0 Å². The molecule has 0 radical (unpaired) electrons. The second-order valence-electron chi connectivity index (χ2n) is 5.62. The van der Waals surface area contributed by atoms with Gasteiger partial charge in [-0.05, 0) is 6.42 Å². The van der Waals surface area contributed by atoms with Gasteiger partial charge in [0.2, 0.25) is 5.91 Å². The van der Waals surface area contributed by atoms with E-state index in [1.54, 1.807) is 11.9 Å². The maximum absolute atomic E-state index is 12.7. The fourth-order valence-corrected chi connectivity index (χ4v) is 2.72. The average molecular weight is 281 g/mol. The molecule has 1 saturated heterocycles. The van der Waals surface area contributed by atoms with Gasteiger partial charge in [-0.1, -0.05) is 0 Å². The molecule has 0 spiro atoms. The van der Waals surface area contributed by atoms with Gasteiger partial charge < -0.3 is 5.73 Å². The summed E-state index contributed by atoms with van der Waals surface area (Å²) in [5.41, 5.74) is 6.75. The van der Waals surface area contributed by atoms with E-state index in [0.717, 1.165) is 24.5 Å². The van der Waals surface area contributed by atoms with Gasteiger partial charge in [-0.25, -0.2) is 9.07 Å². The minimum absolute atomic E-state index is 0.0711. The highest BCUT2D eigenvalue weighted by Crippen LogP contribution is 2.21. The number of hydrogen-bond acceptors (Lipinski definition) is 4. The Labute approximate surface area is 117 Å². The third-order valence-electron chi connectivity index (χ3n) is 4.05. The zero-order valence-electron chi connectivity index (χ0n) is 11.6. The van der Waals surface area contributed by atoms with Crippen LogP contribution in [0.3, 0.4) is 0 Å². The molecule has 1 unspecified atom stereocenters. The highest BCUT2D eigenvalue weighted by atomic mass is 19.1. The van der Waals surface area contributed by atoms with Crippen molar-refractivity contribution in [2.75, 3.05) is 31.6 Å². The van der Waals surface area contributed by atoms with E-state index in [1.807, 2.05) is 10.7 Å². The van der Waals surface area contributed by atoms with Crippen LogP contribution in [0.4, 0.5) is 10.2 Å². The second-order valence-corrected chi connectivity index (χ2v) is 5.62. The van der Waals surface area contributed by atoms with Gasteiger partial charge in [0.05, 0.1) is 11.7 Å². The van der Waals surface area contributed by atoms with Crippen molar-refractivity contribution in [2.24, 2.45) is 5.73 Å². The Balaban J connectivity index is 1.67. The number of likely N-dealkylation sites (N-methyl/N-ethyl adjacent to an activating group) is 1. The van der Waals surface area contributed by atoms with E-state index >= 15 is 0 Å². The molecule has 3 heterocycles. The van der Waals surface area contributed by atoms with Gasteiger partial charge in [-0.3, -0.25) is 14.6 Å². The molecule has 0 aromatic carbocycles. The number of fused-ring (bicyclic) bond motifs is 1. The number of amides is 1. The van der Waals surface area contributed by atoms with Gasteiger partial charge >= 0.3 is 0 Å². The lowest BCUT2D eigenvalue weighted by Crippen LogP contribution is -2.48. The molecule has 110 valence electrons. The molecule has 1 atom stereocenters. The van der Waals surface area contributed by atoms with Crippen LogP contribution in [0.2, 0.25) is 0 Å². The molecule has 3 rings (SSSR count). The fraction of sp³-hybridized carbons (Fsp3) is 0.692. The summed E-state index contributed by atoms with van der Waals surface area (Å²) < 4.78 is 14.6. The molecular formula is C13H20FN5O. The van der Waals surface area contributed by atoms with Crippen LogP contribution in [-0.2, 0) is 17.8 Å². The average Bonchev–Trinajstić information content (AvgIpc) is 2.77. The molecule has 6 nitrogen and oxygen atoms in total. The van der Waals surface area contributed by atoms with Crippen molar-refractivity contribution in [3.8, 4) is 0 Å². The molecule has 1 aromatic heterocycles. The molecule has 1 amide bonds. The summed E-state index contributed by atoms with van der Waals surface area (Å²) in [5, 5.41) is 4.53. The number of alkyl halides is 1. The number of halogens is 1. The van der Waals surface area contributed by atoms with Crippen LogP contribution in [-0.4, -0.2) is 59.5 Å². The highest BCUT2D eigenvalue weighted by Gasteiger charge is 2.28. The summed E-state index contributed by atoms with van der Waals surface area (Å²) in [4.78, 5) is 15.6. The lowest BCUT2D eigenvalue weighted by Gasteiger charge is -2.33. The third-order valence-corrected chi connectivity index (χ3v) is 4.05. The van der Waals surface area contributed by atoms with Gasteiger partial charge in [0.1, 0.15) is 12.0 Å².